The number of anilines is 1. The fourth-order valence-corrected chi connectivity index (χ4v) is 2.11. The molecule has 0 aliphatic carbocycles. The Morgan fingerprint density at radius 3 is 2.50 bits per heavy atom. The molecular formula is C16H11ClF2N2O5. The van der Waals surface area contributed by atoms with Crippen LogP contribution in [0.3, 0.4) is 0 Å². The minimum absolute atomic E-state index is 0.0677. The molecule has 0 unspecified atom stereocenters. The van der Waals surface area contributed by atoms with Gasteiger partial charge in [-0.15, -0.1) is 0 Å². The van der Waals surface area contributed by atoms with Crippen molar-refractivity contribution in [2.75, 3.05) is 5.32 Å². The van der Waals surface area contributed by atoms with Gasteiger partial charge in [-0.05, 0) is 25.1 Å². The van der Waals surface area contributed by atoms with Gasteiger partial charge in [-0.25, -0.2) is 13.6 Å². The fourth-order valence-electron chi connectivity index (χ4n) is 1.89. The van der Waals surface area contributed by atoms with Crippen LogP contribution in [0.4, 0.5) is 20.2 Å². The van der Waals surface area contributed by atoms with Crippen LogP contribution in [0.2, 0.25) is 5.02 Å². The number of carbonyl (C=O) groups excluding carboxylic acids is 2. The third-order valence-corrected chi connectivity index (χ3v) is 3.54. The van der Waals surface area contributed by atoms with E-state index < -0.39 is 40.1 Å². The van der Waals surface area contributed by atoms with E-state index in [1.165, 1.54) is 13.0 Å². The van der Waals surface area contributed by atoms with E-state index in [0.29, 0.717) is 6.07 Å². The van der Waals surface area contributed by atoms with Gasteiger partial charge in [0.1, 0.15) is 11.6 Å². The van der Waals surface area contributed by atoms with Crippen molar-refractivity contribution in [3.8, 4) is 0 Å². The van der Waals surface area contributed by atoms with Gasteiger partial charge in [0.2, 0.25) is 0 Å². The molecule has 0 aromatic heterocycles. The molecule has 0 aliphatic heterocycles. The summed E-state index contributed by atoms with van der Waals surface area (Å²) in [6.07, 6.45) is -1.33. The van der Waals surface area contributed by atoms with E-state index in [2.05, 4.69) is 5.32 Å². The molecule has 0 radical (unpaired) electrons. The number of nitrogens with zero attached hydrogens (tertiary/aromatic N) is 1. The SMILES string of the molecule is C[C@H](OC(=O)c1ccc(F)cc1F)C(=O)Nc1ccc([N+](=O)[O-])cc1Cl. The Labute approximate surface area is 150 Å². The highest BCUT2D eigenvalue weighted by Gasteiger charge is 2.22. The molecule has 1 atom stereocenters. The van der Waals surface area contributed by atoms with Crippen molar-refractivity contribution in [2.24, 2.45) is 0 Å². The van der Waals surface area contributed by atoms with E-state index in [1.54, 1.807) is 0 Å². The predicted molar refractivity (Wildman–Crippen MR) is 88.0 cm³/mol. The van der Waals surface area contributed by atoms with Crippen LogP contribution in [0.15, 0.2) is 36.4 Å². The van der Waals surface area contributed by atoms with Crippen LogP contribution in [0.25, 0.3) is 0 Å². The van der Waals surface area contributed by atoms with Crippen LogP contribution in [0, 0.1) is 21.7 Å². The third-order valence-electron chi connectivity index (χ3n) is 3.23. The van der Waals surface area contributed by atoms with Crippen molar-refractivity contribution in [3.05, 3.63) is 68.7 Å². The lowest BCUT2D eigenvalue weighted by molar-refractivity contribution is -0.384. The van der Waals surface area contributed by atoms with E-state index in [-0.39, 0.29) is 16.4 Å². The molecule has 0 bridgehead atoms. The van der Waals surface area contributed by atoms with Gasteiger partial charge in [0.05, 0.1) is 21.2 Å². The summed E-state index contributed by atoms with van der Waals surface area (Å²) in [5.41, 5.74) is -0.725. The lowest BCUT2D eigenvalue weighted by atomic mass is 10.2. The summed E-state index contributed by atoms with van der Waals surface area (Å²) in [6, 6.07) is 5.67. The molecule has 0 heterocycles. The number of nitrogens with one attached hydrogen (secondary N) is 1. The zero-order chi connectivity index (χ0) is 19.4. The Morgan fingerprint density at radius 1 is 1.23 bits per heavy atom. The maximum absolute atomic E-state index is 13.5. The van der Waals surface area contributed by atoms with Crippen LogP contribution in [-0.4, -0.2) is 22.9 Å². The normalized spacial score (nSPS) is 11.5. The highest BCUT2D eigenvalue weighted by Crippen LogP contribution is 2.26. The molecule has 0 fully saturated rings. The number of hydrogen-bond acceptors (Lipinski definition) is 5. The van der Waals surface area contributed by atoms with Crippen LogP contribution < -0.4 is 5.32 Å². The van der Waals surface area contributed by atoms with Crippen molar-refractivity contribution in [1.82, 2.24) is 0 Å². The van der Waals surface area contributed by atoms with Crippen LogP contribution >= 0.6 is 11.6 Å². The number of non-ortho nitro benzene ring substituents is 1. The molecule has 0 saturated carbocycles. The summed E-state index contributed by atoms with van der Waals surface area (Å²) in [6.45, 7) is 1.23. The molecule has 2 rings (SSSR count). The predicted octanol–water partition coefficient (Wildman–Crippen LogP) is 3.71. The molecule has 0 spiro atoms. The number of halogens is 3. The van der Waals surface area contributed by atoms with Gasteiger partial charge in [0.15, 0.2) is 6.10 Å². The number of carbonyl (C=O) groups is 2. The first kappa shape index (κ1) is 19.3. The summed E-state index contributed by atoms with van der Waals surface area (Å²) in [5.74, 6) is -3.93. The Kier molecular flexibility index (Phi) is 5.83. The summed E-state index contributed by atoms with van der Waals surface area (Å²) in [4.78, 5) is 33.9. The van der Waals surface area contributed by atoms with Gasteiger partial charge in [-0.1, -0.05) is 11.6 Å². The van der Waals surface area contributed by atoms with Gasteiger partial charge in [0, 0.05) is 18.2 Å². The zero-order valence-electron chi connectivity index (χ0n) is 13.2. The first-order valence-electron chi connectivity index (χ1n) is 7.10. The fraction of sp³-hybridized carbons (Fsp3) is 0.125. The maximum Gasteiger partial charge on any atom is 0.341 e. The Bertz CT molecular complexity index is 891. The summed E-state index contributed by atoms with van der Waals surface area (Å²) >= 11 is 5.85. The van der Waals surface area contributed by atoms with E-state index >= 15 is 0 Å². The summed E-state index contributed by atoms with van der Waals surface area (Å²) in [7, 11) is 0. The number of esters is 1. The molecule has 10 heteroatoms. The second kappa shape index (κ2) is 7.87. The lowest BCUT2D eigenvalue weighted by Gasteiger charge is -2.14. The summed E-state index contributed by atoms with van der Waals surface area (Å²) < 4.78 is 31.2. The first-order valence-corrected chi connectivity index (χ1v) is 7.47. The molecule has 0 saturated heterocycles. The average Bonchev–Trinajstić information content (AvgIpc) is 2.56. The second-order valence-electron chi connectivity index (χ2n) is 5.08. The molecule has 1 amide bonds. The molecule has 26 heavy (non-hydrogen) atoms. The molecule has 1 N–H and O–H groups in total. The van der Waals surface area contributed by atoms with Gasteiger partial charge in [-0.2, -0.15) is 0 Å². The number of nitro groups is 1. The van der Waals surface area contributed by atoms with Crippen molar-refractivity contribution in [2.45, 2.75) is 13.0 Å². The molecule has 2 aromatic carbocycles. The van der Waals surface area contributed by atoms with Gasteiger partial charge < -0.3 is 10.1 Å². The van der Waals surface area contributed by atoms with E-state index in [0.717, 1.165) is 24.3 Å². The quantitative estimate of drug-likeness (QED) is 0.481. The molecule has 0 aliphatic rings. The zero-order valence-corrected chi connectivity index (χ0v) is 13.9. The third kappa shape index (κ3) is 4.51. The van der Waals surface area contributed by atoms with Gasteiger partial charge in [0.25, 0.3) is 11.6 Å². The Balaban J connectivity index is 2.05. The van der Waals surface area contributed by atoms with Crippen molar-refractivity contribution in [1.29, 1.82) is 0 Å². The Morgan fingerprint density at radius 2 is 1.92 bits per heavy atom. The minimum Gasteiger partial charge on any atom is -0.449 e. The number of rotatable bonds is 5. The maximum atomic E-state index is 13.5. The summed E-state index contributed by atoms with van der Waals surface area (Å²) in [5, 5.41) is 12.9. The number of amides is 1. The number of hydrogen-bond donors (Lipinski definition) is 1. The molecule has 2 aromatic rings. The first-order chi connectivity index (χ1) is 12.2. The number of benzene rings is 2. The second-order valence-corrected chi connectivity index (χ2v) is 5.49. The van der Waals surface area contributed by atoms with Crippen molar-refractivity contribution >= 4 is 34.9 Å². The highest BCUT2D eigenvalue weighted by atomic mass is 35.5. The van der Waals surface area contributed by atoms with E-state index in [9.17, 15) is 28.5 Å². The van der Waals surface area contributed by atoms with Crippen LogP contribution in [-0.2, 0) is 9.53 Å². The number of nitro benzene ring substituents is 1. The smallest absolute Gasteiger partial charge is 0.341 e. The largest absolute Gasteiger partial charge is 0.449 e. The topological polar surface area (TPSA) is 98.5 Å². The standard InChI is InChI=1S/C16H11ClF2N2O5/c1-8(26-16(23)11-4-2-9(18)6-13(11)19)15(22)20-14-5-3-10(21(24)25)7-12(14)17/h2-8H,1H3,(H,20,22)/t8-/m0/s1. The monoisotopic (exact) mass is 384 g/mol. The van der Waals surface area contributed by atoms with Crippen molar-refractivity contribution in [3.63, 3.8) is 0 Å². The average molecular weight is 385 g/mol. The van der Waals surface area contributed by atoms with Crippen LogP contribution in [0.1, 0.15) is 17.3 Å². The number of ether oxygens (including phenoxy) is 1. The molecular weight excluding hydrogens is 374 g/mol. The van der Waals surface area contributed by atoms with Gasteiger partial charge in [-0.3, -0.25) is 14.9 Å². The van der Waals surface area contributed by atoms with Crippen molar-refractivity contribution < 1.29 is 28.0 Å². The molecule has 7 nitrogen and oxygen atoms in total. The van der Waals surface area contributed by atoms with E-state index in [4.69, 9.17) is 16.3 Å². The minimum atomic E-state index is -1.33. The van der Waals surface area contributed by atoms with E-state index in [1.807, 2.05) is 0 Å². The molecule has 136 valence electrons. The van der Waals surface area contributed by atoms with Crippen LogP contribution in [0.5, 0.6) is 0 Å². The Hall–Kier alpha value is -3.07. The highest BCUT2D eigenvalue weighted by molar-refractivity contribution is 6.34. The lowest BCUT2D eigenvalue weighted by Crippen LogP contribution is -2.30. The van der Waals surface area contributed by atoms with Gasteiger partial charge >= 0.3 is 5.97 Å².